The van der Waals surface area contributed by atoms with Crippen LogP contribution in [0.5, 0.6) is 17.2 Å². The lowest BCUT2D eigenvalue weighted by Crippen LogP contribution is -2.34. The first-order valence-corrected chi connectivity index (χ1v) is 5.38. The Morgan fingerprint density at radius 3 is 2.73 bits per heavy atom. The number of benzene rings is 1. The van der Waals surface area contributed by atoms with Gasteiger partial charge >= 0.3 is 0 Å². The monoisotopic (exact) mass is 206 g/mol. The van der Waals surface area contributed by atoms with E-state index in [2.05, 4.69) is 0 Å². The molecule has 15 heavy (non-hydrogen) atoms. The van der Waals surface area contributed by atoms with Crippen molar-refractivity contribution in [1.82, 2.24) is 0 Å². The molecule has 1 saturated carbocycles. The van der Waals surface area contributed by atoms with Gasteiger partial charge in [-0.1, -0.05) is 6.07 Å². The number of ether oxygens (including phenoxy) is 3. The molecular formula is C12H14O3. The number of hydrogen-bond donors (Lipinski definition) is 0. The zero-order chi connectivity index (χ0) is 10.3. The van der Waals surface area contributed by atoms with Crippen LogP contribution in [0.2, 0.25) is 0 Å². The van der Waals surface area contributed by atoms with Gasteiger partial charge in [-0.3, -0.25) is 0 Å². The van der Waals surface area contributed by atoms with Crippen molar-refractivity contribution >= 4 is 0 Å². The second kappa shape index (κ2) is 3.05. The highest BCUT2D eigenvalue weighted by molar-refractivity contribution is 5.53. The number of methoxy groups -OCH3 is 1. The third-order valence-corrected chi connectivity index (χ3v) is 3.11. The summed E-state index contributed by atoms with van der Waals surface area (Å²) in [6.45, 7) is 0. The lowest BCUT2D eigenvalue weighted by Gasteiger charge is -2.21. The van der Waals surface area contributed by atoms with Gasteiger partial charge in [-0.15, -0.1) is 0 Å². The van der Waals surface area contributed by atoms with Crippen molar-refractivity contribution in [2.75, 3.05) is 7.11 Å². The fourth-order valence-corrected chi connectivity index (χ4v) is 2.36. The average molecular weight is 206 g/mol. The van der Waals surface area contributed by atoms with Crippen molar-refractivity contribution in [2.45, 2.75) is 31.5 Å². The third-order valence-electron chi connectivity index (χ3n) is 3.11. The minimum absolute atomic E-state index is 0.392. The topological polar surface area (TPSA) is 27.7 Å². The van der Waals surface area contributed by atoms with E-state index in [4.69, 9.17) is 14.2 Å². The number of para-hydroxylation sites is 1. The Labute approximate surface area is 89.0 Å². The van der Waals surface area contributed by atoms with Gasteiger partial charge in [-0.2, -0.15) is 0 Å². The van der Waals surface area contributed by atoms with E-state index in [1.165, 1.54) is 12.8 Å². The van der Waals surface area contributed by atoms with Gasteiger partial charge in [-0.25, -0.2) is 0 Å². The molecule has 0 unspecified atom stereocenters. The summed E-state index contributed by atoms with van der Waals surface area (Å²) in [4.78, 5) is 0. The zero-order valence-corrected chi connectivity index (χ0v) is 8.79. The first kappa shape index (κ1) is 8.89. The van der Waals surface area contributed by atoms with E-state index in [-0.39, 0.29) is 0 Å². The Balaban J connectivity index is 1.98. The van der Waals surface area contributed by atoms with Gasteiger partial charge in [0.05, 0.1) is 7.11 Å². The average Bonchev–Trinajstić information content (AvgIpc) is 2.84. The minimum atomic E-state index is -0.392. The van der Waals surface area contributed by atoms with E-state index in [1.807, 2.05) is 18.2 Å². The van der Waals surface area contributed by atoms with Crippen LogP contribution in [0.4, 0.5) is 0 Å². The Hall–Kier alpha value is -1.38. The lowest BCUT2D eigenvalue weighted by atomic mass is 10.2. The molecular weight excluding hydrogens is 192 g/mol. The molecule has 3 rings (SSSR count). The van der Waals surface area contributed by atoms with E-state index in [0.717, 1.165) is 30.1 Å². The SMILES string of the molecule is COc1cccc2c1OC1(CCCC1)O2. The maximum Gasteiger partial charge on any atom is 0.251 e. The predicted octanol–water partition coefficient (Wildman–Crippen LogP) is 2.74. The van der Waals surface area contributed by atoms with Crippen LogP contribution < -0.4 is 14.2 Å². The number of fused-ring (bicyclic) bond motifs is 1. The maximum atomic E-state index is 5.93. The fraction of sp³-hybridized carbons (Fsp3) is 0.500. The summed E-state index contributed by atoms with van der Waals surface area (Å²) in [5.41, 5.74) is 0. The number of rotatable bonds is 1. The van der Waals surface area contributed by atoms with E-state index in [9.17, 15) is 0 Å². The molecule has 1 aromatic carbocycles. The molecule has 0 radical (unpaired) electrons. The van der Waals surface area contributed by atoms with Gasteiger partial charge in [0.25, 0.3) is 5.79 Å². The van der Waals surface area contributed by atoms with Gasteiger partial charge in [0.1, 0.15) is 0 Å². The van der Waals surface area contributed by atoms with Crippen molar-refractivity contribution < 1.29 is 14.2 Å². The highest BCUT2D eigenvalue weighted by Gasteiger charge is 2.45. The van der Waals surface area contributed by atoms with Crippen LogP contribution in [0, 0.1) is 0 Å². The summed E-state index contributed by atoms with van der Waals surface area (Å²) in [5, 5.41) is 0. The van der Waals surface area contributed by atoms with Gasteiger partial charge in [-0.05, 0) is 25.0 Å². The van der Waals surface area contributed by atoms with Gasteiger partial charge < -0.3 is 14.2 Å². The maximum absolute atomic E-state index is 5.93. The molecule has 3 nitrogen and oxygen atoms in total. The van der Waals surface area contributed by atoms with Crippen LogP contribution in [0.1, 0.15) is 25.7 Å². The summed E-state index contributed by atoms with van der Waals surface area (Å²) in [6, 6.07) is 5.76. The van der Waals surface area contributed by atoms with E-state index < -0.39 is 5.79 Å². The Morgan fingerprint density at radius 2 is 2.00 bits per heavy atom. The van der Waals surface area contributed by atoms with Crippen molar-refractivity contribution in [3.05, 3.63) is 18.2 Å². The zero-order valence-electron chi connectivity index (χ0n) is 8.79. The van der Waals surface area contributed by atoms with E-state index in [1.54, 1.807) is 7.11 Å². The molecule has 1 fully saturated rings. The first-order chi connectivity index (χ1) is 7.33. The summed E-state index contributed by atoms with van der Waals surface area (Å²) in [7, 11) is 1.65. The van der Waals surface area contributed by atoms with Crippen molar-refractivity contribution in [3.8, 4) is 17.2 Å². The summed E-state index contributed by atoms with van der Waals surface area (Å²) in [5.74, 6) is 1.95. The molecule has 2 aliphatic rings. The molecule has 1 aromatic rings. The second-order valence-corrected chi connectivity index (χ2v) is 4.11. The standard InChI is InChI=1S/C12H14O3/c1-13-9-5-4-6-10-11(9)15-12(14-10)7-2-3-8-12/h4-6H,2-3,7-8H2,1H3. The molecule has 80 valence electrons. The molecule has 0 saturated heterocycles. The molecule has 3 heteroatoms. The summed E-state index contributed by atoms with van der Waals surface area (Å²) >= 11 is 0. The van der Waals surface area contributed by atoms with E-state index >= 15 is 0 Å². The molecule has 1 heterocycles. The molecule has 0 aromatic heterocycles. The first-order valence-electron chi connectivity index (χ1n) is 5.38. The molecule has 0 atom stereocenters. The molecule has 1 spiro atoms. The second-order valence-electron chi connectivity index (χ2n) is 4.11. The number of hydrogen-bond acceptors (Lipinski definition) is 3. The smallest absolute Gasteiger partial charge is 0.251 e. The molecule has 1 aliphatic carbocycles. The molecule has 0 N–H and O–H groups in total. The normalized spacial score (nSPS) is 20.9. The Morgan fingerprint density at radius 1 is 1.20 bits per heavy atom. The lowest BCUT2D eigenvalue weighted by molar-refractivity contribution is -0.0723. The van der Waals surface area contributed by atoms with Gasteiger partial charge in [0, 0.05) is 12.8 Å². The predicted molar refractivity (Wildman–Crippen MR) is 55.4 cm³/mol. The van der Waals surface area contributed by atoms with Crippen molar-refractivity contribution in [1.29, 1.82) is 0 Å². The van der Waals surface area contributed by atoms with Crippen LogP contribution in [-0.2, 0) is 0 Å². The van der Waals surface area contributed by atoms with Crippen LogP contribution in [0.15, 0.2) is 18.2 Å². The van der Waals surface area contributed by atoms with Crippen LogP contribution >= 0.6 is 0 Å². The largest absolute Gasteiger partial charge is 0.493 e. The molecule has 1 aliphatic heterocycles. The minimum Gasteiger partial charge on any atom is -0.493 e. The van der Waals surface area contributed by atoms with Crippen molar-refractivity contribution in [3.63, 3.8) is 0 Å². The highest BCUT2D eigenvalue weighted by atomic mass is 16.7. The fourth-order valence-electron chi connectivity index (χ4n) is 2.36. The third kappa shape index (κ3) is 1.26. The quantitative estimate of drug-likeness (QED) is 0.707. The van der Waals surface area contributed by atoms with Gasteiger partial charge in [0.2, 0.25) is 5.75 Å². The highest BCUT2D eigenvalue weighted by Crippen LogP contribution is 2.50. The molecule has 0 amide bonds. The Bertz CT molecular complexity index is 380. The summed E-state index contributed by atoms with van der Waals surface area (Å²) < 4.78 is 17.1. The van der Waals surface area contributed by atoms with Crippen LogP contribution in [0.3, 0.4) is 0 Å². The van der Waals surface area contributed by atoms with E-state index in [0.29, 0.717) is 0 Å². The van der Waals surface area contributed by atoms with Crippen LogP contribution in [0.25, 0.3) is 0 Å². The van der Waals surface area contributed by atoms with Crippen LogP contribution in [-0.4, -0.2) is 12.9 Å². The van der Waals surface area contributed by atoms with Crippen molar-refractivity contribution in [2.24, 2.45) is 0 Å². The summed E-state index contributed by atoms with van der Waals surface area (Å²) in [6.07, 6.45) is 4.31. The van der Waals surface area contributed by atoms with Gasteiger partial charge in [0.15, 0.2) is 11.5 Å². The molecule has 0 bridgehead atoms. The Kier molecular flexibility index (Phi) is 1.81.